The number of rotatable bonds is 8. The second kappa shape index (κ2) is 9.55. The quantitative estimate of drug-likeness (QED) is 0.332. The third-order valence-electron chi connectivity index (χ3n) is 4.92. The van der Waals surface area contributed by atoms with Crippen LogP contribution in [0.4, 0.5) is 5.69 Å². The van der Waals surface area contributed by atoms with Crippen molar-refractivity contribution in [3.63, 3.8) is 0 Å². The Kier molecular flexibility index (Phi) is 6.41. The van der Waals surface area contributed by atoms with E-state index >= 15 is 0 Å². The van der Waals surface area contributed by atoms with Crippen LogP contribution in [0, 0.1) is 0 Å². The Morgan fingerprint density at radius 2 is 1.60 bits per heavy atom. The average molecular weight is 418 g/mol. The monoisotopic (exact) mass is 417 g/mol. The van der Waals surface area contributed by atoms with E-state index in [0.717, 1.165) is 22.6 Å². The summed E-state index contributed by atoms with van der Waals surface area (Å²) in [4.78, 5) is 0. The SMILES string of the molecule is CCOc1cc(CNc2cccc3ccccc23)ccc1OCc1ccccc1Cl. The average Bonchev–Trinajstić information content (AvgIpc) is 2.78. The van der Waals surface area contributed by atoms with E-state index in [-0.39, 0.29) is 0 Å². The second-order valence-corrected chi connectivity index (χ2v) is 7.38. The van der Waals surface area contributed by atoms with Gasteiger partial charge in [0.1, 0.15) is 6.61 Å². The van der Waals surface area contributed by atoms with Crippen molar-refractivity contribution in [2.45, 2.75) is 20.1 Å². The molecular formula is C26H24ClNO2. The number of hydrogen-bond acceptors (Lipinski definition) is 3. The highest BCUT2D eigenvalue weighted by Crippen LogP contribution is 2.31. The summed E-state index contributed by atoms with van der Waals surface area (Å²) < 4.78 is 11.8. The maximum absolute atomic E-state index is 6.24. The summed E-state index contributed by atoms with van der Waals surface area (Å²) in [5.41, 5.74) is 3.19. The number of anilines is 1. The molecule has 0 saturated carbocycles. The number of fused-ring (bicyclic) bond motifs is 1. The molecule has 4 heteroatoms. The van der Waals surface area contributed by atoms with Gasteiger partial charge in [-0.25, -0.2) is 0 Å². The standard InChI is InChI=1S/C26H24ClNO2/c1-2-29-26-16-19(14-15-25(26)30-18-21-9-4-6-12-23(21)27)17-28-24-13-7-10-20-8-3-5-11-22(20)24/h3-16,28H,2,17-18H2,1H3. The van der Waals surface area contributed by atoms with Gasteiger partial charge in [-0.05, 0) is 42.1 Å². The van der Waals surface area contributed by atoms with Gasteiger partial charge in [0.15, 0.2) is 11.5 Å². The summed E-state index contributed by atoms with van der Waals surface area (Å²) in [6, 6.07) is 28.4. The summed E-state index contributed by atoms with van der Waals surface area (Å²) in [6.07, 6.45) is 0. The van der Waals surface area contributed by atoms with E-state index in [2.05, 4.69) is 53.8 Å². The van der Waals surface area contributed by atoms with E-state index in [1.54, 1.807) is 0 Å². The molecule has 4 aromatic rings. The first-order chi connectivity index (χ1) is 14.7. The second-order valence-electron chi connectivity index (χ2n) is 6.97. The van der Waals surface area contributed by atoms with Gasteiger partial charge in [0, 0.05) is 28.2 Å². The first-order valence-electron chi connectivity index (χ1n) is 10.1. The van der Waals surface area contributed by atoms with Gasteiger partial charge in [-0.3, -0.25) is 0 Å². The van der Waals surface area contributed by atoms with Crippen LogP contribution in [0.25, 0.3) is 10.8 Å². The first kappa shape index (κ1) is 20.1. The van der Waals surface area contributed by atoms with Crippen LogP contribution in [0.15, 0.2) is 84.9 Å². The summed E-state index contributed by atoms with van der Waals surface area (Å²) in [5.74, 6) is 1.45. The zero-order valence-electron chi connectivity index (χ0n) is 16.9. The highest BCUT2D eigenvalue weighted by Gasteiger charge is 2.09. The molecule has 0 atom stereocenters. The highest BCUT2D eigenvalue weighted by atomic mass is 35.5. The molecule has 0 aliphatic carbocycles. The van der Waals surface area contributed by atoms with Crippen molar-refractivity contribution in [3.8, 4) is 11.5 Å². The van der Waals surface area contributed by atoms with Crippen LogP contribution < -0.4 is 14.8 Å². The summed E-state index contributed by atoms with van der Waals surface area (Å²) in [7, 11) is 0. The van der Waals surface area contributed by atoms with Gasteiger partial charge in [0.2, 0.25) is 0 Å². The number of benzene rings is 4. The Morgan fingerprint density at radius 1 is 0.800 bits per heavy atom. The molecule has 0 spiro atoms. The maximum atomic E-state index is 6.24. The molecule has 0 aromatic heterocycles. The molecule has 0 amide bonds. The van der Waals surface area contributed by atoms with E-state index in [4.69, 9.17) is 21.1 Å². The van der Waals surface area contributed by atoms with Crippen molar-refractivity contribution in [1.29, 1.82) is 0 Å². The highest BCUT2D eigenvalue weighted by molar-refractivity contribution is 6.31. The summed E-state index contributed by atoms with van der Waals surface area (Å²) >= 11 is 6.24. The molecule has 0 aliphatic rings. The minimum absolute atomic E-state index is 0.396. The van der Waals surface area contributed by atoms with Crippen LogP contribution in [0.1, 0.15) is 18.1 Å². The number of ether oxygens (including phenoxy) is 2. The topological polar surface area (TPSA) is 30.5 Å². The van der Waals surface area contributed by atoms with Gasteiger partial charge in [-0.2, -0.15) is 0 Å². The van der Waals surface area contributed by atoms with Gasteiger partial charge in [-0.1, -0.05) is 72.3 Å². The third-order valence-corrected chi connectivity index (χ3v) is 5.29. The van der Waals surface area contributed by atoms with Crippen molar-refractivity contribution >= 4 is 28.1 Å². The molecule has 3 nitrogen and oxygen atoms in total. The maximum Gasteiger partial charge on any atom is 0.161 e. The fourth-order valence-corrected chi connectivity index (χ4v) is 3.59. The van der Waals surface area contributed by atoms with E-state index in [1.807, 2.05) is 43.3 Å². The molecule has 4 rings (SSSR count). The number of nitrogens with one attached hydrogen (secondary N) is 1. The largest absolute Gasteiger partial charge is 0.490 e. The Balaban J connectivity index is 1.49. The lowest BCUT2D eigenvalue weighted by Gasteiger charge is -2.15. The molecule has 0 heterocycles. The minimum Gasteiger partial charge on any atom is -0.490 e. The summed E-state index contributed by atoms with van der Waals surface area (Å²) in [5, 5.41) is 6.68. The van der Waals surface area contributed by atoms with Crippen LogP contribution in [0.2, 0.25) is 5.02 Å². The molecule has 0 bridgehead atoms. The lowest BCUT2D eigenvalue weighted by atomic mass is 10.1. The van der Waals surface area contributed by atoms with Crippen LogP contribution in [0.5, 0.6) is 11.5 Å². The van der Waals surface area contributed by atoms with Crippen molar-refractivity contribution in [2.75, 3.05) is 11.9 Å². The lowest BCUT2D eigenvalue weighted by Crippen LogP contribution is -2.03. The van der Waals surface area contributed by atoms with E-state index < -0.39 is 0 Å². The lowest BCUT2D eigenvalue weighted by molar-refractivity contribution is 0.269. The molecular weight excluding hydrogens is 394 g/mol. The van der Waals surface area contributed by atoms with E-state index in [0.29, 0.717) is 30.5 Å². The number of hydrogen-bond donors (Lipinski definition) is 1. The Bertz CT molecular complexity index is 1140. The molecule has 0 fully saturated rings. The van der Waals surface area contributed by atoms with Crippen LogP contribution in [-0.2, 0) is 13.2 Å². The predicted octanol–water partition coefficient (Wildman–Crippen LogP) is 7.08. The zero-order chi connectivity index (χ0) is 20.8. The fourth-order valence-electron chi connectivity index (χ4n) is 3.40. The Hall–Kier alpha value is -3.17. The number of halogens is 1. The van der Waals surface area contributed by atoms with E-state index in [1.165, 1.54) is 10.8 Å². The van der Waals surface area contributed by atoms with Crippen LogP contribution >= 0.6 is 11.6 Å². The smallest absolute Gasteiger partial charge is 0.161 e. The van der Waals surface area contributed by atoms with Crippen LogP contribution in [0.3, 0.4) is 0 Å². The summed E-state index contributed by atoms with van der Waals surface area (Å²) in [6.45, 7) is 3.63. The van der Waals surface area contributed by atoms with Crippen molar-refractivity contribution in [3.05, 3.63) is 101 Å². The molecule has 4 aromatic carbocycles. The molecule has 30 heavy (non-hydrogen) atoms. The van der Waals surface area contributed by atoms with Crippen molar-refractivity contribution < 1.29 is 9.47 Å². The molecule has 0 unspecified atom stereocenters. The van der Waals surface area contributed by atoms with Gasteiger partial charge in [-0.15, -0.1) is 0 Å². The van der Waals surface area contributed by atoms with Crippen LogP contribution in [-0.4, -0.2) is 6.61 Å². The van der Waals surface area contributed by atoms with Crippen molar-refractivity contribution in [2.24, 2.45) is 0 Å². The van der Waals surface area contributed by atoms with Gasteiger partial charge in [0.05, 0.1) is 6.61 Å². The molecule has 0 aliphatic heterocycles. The fraction of sp³-hybridized carbons (Fsp3) is 0.154. The molecule has 1 N–H and O–H groups in total. The Labute approximate surface area is 182 Å². The Morgan fingerprint density at radius 3 is 2.47 bits per heavy atom. The predicted molar refractivity (Wildman–Crippen MR) is 125 cm³/mol. The third kappa shape index (κ3) is 4.69. The van der Waals surface area contributed by atoms with Gasteiger partial charge < -0.3 is 14.8 Å². The van der Waals surface area contributed by atoms with Gasteiger partial charge in [0.25, 0.3) is 0 Å². The molecule has 0 saturated heterocycles. The molecule has 152 valence electrons. The zero-order valence-corrected chi connectivity index (χ0v) is 17.7. The van der Waals surface area contributed by atoms with Crippen molar-refractivity contribution in [1.82, 2.24) is 0 Å². The minimum atomic E-state index is 0.396. The van der Waals surface area contributed by atoms with E-state index in [9.17, 15) is 0 Å². The van der Waals surface area contributed by atoms with Gasteiger partial charge >= 0.3 is 0 Å². The normalized spacial score (nSPS) is 10.7. The molecule has 0 radical (unpaired) electrons. The first-order valence-corrected chi connectivity index (χ1v) is 10.5.